The maximum absolute atomic E-state index is 13.4. The van der Waals surface area contributed by atoms with Gasteiger partial charge in [0, 0.05) is 10.5 Å². The molecule has 1 aliphatic carbocycles. The van der Waals surface area contributed by atoms with Crippen LogP contribution in [0.25, 0.3) is 0 Å². The third kappa shape index (κ3) is 2.00. The van der Waals surface area contributed by atoms with E-state index in [-0.39, 0.29) is 22.3 Å². The van der Waals surface area contributed by atoms with Gasteiger partial charge in [-0.1, -0.05) is 51.2 Å². The van der Waals surface area contributed by atoms with Crippen molar-refractivity contribution in [2.75, 3.05) is 4.90 Å². The molecule has 3 rings (SSSR count). The summed E-state index contributed by atoms with van der Waals surface area (Å²) in [5, 5.41) is -0.302. The number of carbonyl (C=O) groups excluding carboxylic acids is 2. The topological polar surface area (TPSA) is 37.4 Å². The van der Waals surface area contributed by atoms with Crippen molar-refractivity contribution in [3.63, 3.8) is 0 Å². The SMILES string of the molecule is C[C@@]12CCC[C@@]([Si](C)(C)C)(C1)C(=O)N(c1ccccc1)C2=O. The Morgan fingerprint density at radius 1 is 1.00 bits per heavy atom. The standard InChI is InChI=1S/C18H25NO2Si/c1-17-11-8-12-18(13-17,22(2,3)4)16(21)19(15(17)20)14-9-6-5-7-10-14/h5-7,9-10H,8,11-13H2,1-4H3/t17-,18-/m1/s1. The highest BCUT2D eigenvalue weighted by molar-refractivity contribution is 6.83. The molecule has 1 heterocycles. The lowest BCUT2D eigenvalue weighted by Gasteiger charge is -2.56. The van der Waals surface area contributed by atoms with Crippen LogP contribution in [0.5, 0.6) is 0 Å². The van der Waals surface area contributed by atoms with Gasteiger partial charge in [0.25, 0.3) is 0 Å². The molecular weight excluding hydrogens is 290 g/mol. The first kappa shape index (κ1) is 15.5. The Morgan fingerprint density at radius 3 is 2.23 bits per heavy atom. The van der Waals surface area contributed by atoms with Crippen molar-refractivity contribution in [2.45, 2.75) is 57.3 Å². The molecule has 0 radical (unpaired) electrons. The number of rotatable bonds is 2. The van der Waals surface area contributed by atoms with Crippen molar-refractivity contribution >= 4 is 25.6 Å². The maximum atomic E-state index is 13.4. The van der Waals surface area contributed by atoms with Crippen molar-refractivity contribution < 1.29 is 9.59 Å². The van der Waals surface area contributed by atoms with Gasteiger partial charge in [0.1, 0.15) is 0 Å². The molecule has 2 bridgehead atoms. The number of benzene rings is 1. The lowest BCUT2D eigenvalue weighted by atomic mass is 9.66. The summed E-state index contributed by atoms with van der Waals surface area (Å²) in [6.07, 6.45) is 3.57. The van der Waals surface area contributed by atoms with Crippen LogP contribution in [0.15, 0.2) is 30.3 Å². The first-order valence-electron chi connectivity index (χ1n) is 8.15. The second-order valence-electron chi connectivity index (χ2n) is 8.20. The van der Waals surface area contributed by atoms with Crippen LogP contribution >= 0.6 is 0 Å². The molecule has 2 amide bonds. The molecule has 22 heavy (non-hydrogen) atoms. The highest BCUT2D eigenvalue weighted by atomic mass is 28.3. The number of anilines is 1. The Labute approximate surface area is 133 Å². The molecule has 0 aromatic heterocycles. The Morgan fingerprint density at radius 2 is 1.64 bits per heavy atom. The van der Waals surface area contributed by atoms with Gasteiger partial charge in [-0.2, -0.15) is 0 Å². The molecule has 1 aromatic rings. The van der Waals surface area contributed by atoms with Gasteiger partial charge >= 0.3 is 0 Å². The van der Waals surface area contributed by atoms with E-state index in [1.807, 2.05) is 30.3 Å². The zero-order valence-corrected chi connectivity index (χ0v) is 15.0. The first-order valence-corrected chi connectivity index (χ1v) is 11.7. The fraction of sp³-hybridized carbons (Fsp3) is 0.556. The molecule has 2 fully saturated rings. The minimum atomic E-state index is -1.76. The fourth-order valence-corrected chi connectivity index (χ4v) is 6.94. The summed E-state index contributed by atoms with van der Waals surface area (Å²) in [6, 6.07) is 9.45. The second-order valence-corrected chi connectivity index (χ2v) is 13.7. The molecule has 0 N–H and O–H groups in total. The molecule has 1 saturated heterocycles. The van der Waals surface area contributed by atoms with Crippen LogP contribution in [0, 0.1) is 5.41 Å². The van der Waals surface area contributed by atoms with Crippen LogP contribution in [-0.2, 0) is 9.59 Å². The molecule has 0 unspecified atom stereocenters. The summed E-state index contributed by atoms with van der Waals surface area (Å²) < 4.78 is 0. The highest BCUT2D eigenvalue weighted by Crippen LogP contribution is 2.61. The lowest BCUT2D eigenvalue weighted by molar-refractivity contribution is -0.142. The summed E-state index contributed by atoms with van der Waals surface area (Å²) in [6.45, 7) is 8.88. The summed E-state index contributed by atoms with van der Waals surface area (Å²) in [4.78, 5) is 28.0. The van der Waals surface area contributed by atoms with Crippen molar-refractivity contribution in [1.82, 2.24) is 0 Å². The van der Waals surface area contributed by atoms with Gasteiger partial charge in [0.2, 0.25) is 11.8 Å². The summed E-state index contributed by atoms with van der Waals surface area (Å²) >= 11 is 0. The highest BCUT2D eigenvalue weighted by Gasteiger charge is 2.63. The number of imide groups is 1. The molecule has 2 atom stereocenters. The normalized spacial score (nSPS) is 32.3. The number of carbonyl (C=O) groups is 2. The minimum absolute atomic E-state index is 0.00252. The van der Waals surface area contributed by atoms with Gasteiger partial charge < -0.3 is 0 Å². The van der Waals surface area contributed by atoms with E-state index in [0.29, 0.717) is 0 Å². The second kappa shape index (κ2) is 4.78. The van der Waals surface area contributed by atoms with Crippen molar-refractivity contribution in [3.8, 4) is 0 Å². The monoisotopic (exact) mass is 315 g/mol. The van der Waals surface area contributed by atoms with Gasteiger partial charge in [-0.05, 0) is 31.4 Å². The number of hydrogen-bond donors (Lipinski definition) is 0. The molecule has 2 aliphatic rings. The van der Waals surface area contributed by atoms with E-state index in [0.717, 1.165) is 31.4 Å². The predicted molar refractivity (Wildman–Crippen MR) is 91.5 cm³/mol. The number of hydrogen-bond acceptors (Lipinski definition) is 2. The van der Waals surface area contributed by atoms with Gasteiger partial charge in [-0.15, -0.1) is 0 Å². The molecule has 118 valence electrons. The van der Waals surface area contributed by atoms with E-state index in [2.05, 4.69) is 26.6 Å². The third-order valence-corrected chi connectivity index (χ3v) is 9.32. The molecular formula is C18H25NO2Si. The van der Waals surface area contributed by atoms with E-state index >= 15 is 0 Å². The van der Waals surface area contributed by atoms with Crippen LogP contribution in [-0.4, -0.2) is 19.9 Å². The Bertz CT molecular complexity index is 622. The number of piperidine rings is 1. The zero-order valence-electron chi connectivity index (χ0n) is 14.0. The quantitative estimate of drug-likeness (QED) is 0.605. The number of amides is 2. The van der Waals surface area contributed by atoms with E-state index in [1.165, 1.54) is 4.90 Å². The van der Waals surface area contributed by atoms with Crippen LogP contribution in [0.2, 0.25) is 24.7 Å². The van der Waals surface area contributed by atoms with Crippen molar-refractivity contribution in [2.24, 2.45) is 5.41 Å². The average molecular weight is 315 g/mol. The zero-order chi connectivity index (χ0) is 16.2. The van der Waals surface area contributed by atoms with Gasteiger partial charge in [0.05, 0.1) is 13.8 Å². The number of fused-ring (bicyclic) bond motifs is 2. The predicted octanol–water partition coefficient (Wildman–Crippen LogP) is 4.22. The molecule has 1 aliphatic heterocycles. The van der Waals surface area contributed by atoms with E-state index < -0.39 is 8.07 Å². The molecule has 0 spiro atoms. The minimum Gasteiger partial charge on any atom is -0.274 e. The van der Waals surface area contributed by atoms with E-state index in [4.69, 9.17) is 0 Å². The van der Waals surface area contributed by atoms with Gasteiger partial charge in [-0.3, -0.25) is 9.59 Å². The van der Waals surface area contributed by atoms with Crippen LogP contribution in [0.3, 0.4) is 0 Å². The smallest absolute Gasteiger partial charge is 0.239 e. The first-order chi connectivity index (χ1) is 10.2. The summed E-state index contributed by atoms with van der Waals surface area (Å²) in [5.74, 6) is 0.0531. The summed E-state index contributed by atoms with van der Waals surface area (Å²) in [5.41, 5.74) is 0.343. The Kier molecular flexibility index (Phi) is 3.36. The maximum Gasteiger partial charge on any atom is 0.239 e. The molecule has 1 aromatic carbocycles. The third-order valence-electron chi connectivity index (χ3n) is 5.81. The number of nitrogens with zero attached hydrogens (tertiary/aromatic N) is 1. The Balaban J connectivity index is 2.16. The van der Waals surface area contributed by atoms with Crippen LogP contribution < -0.4 is 4.90 Å². The van der Waals surface area contributed by atoms with Crippen molar-refractivity contribution in [3.05, 3.63) is 30.3 Å². The van der Waals surface area contributed by atoms with Gasteiger partial charge in [-0.25, -0.2) is 4.90 Å². The van der Waals surface area contributed by atoms with Gasteiger partial charge in [0.15, 0.2) is 0 Å². The van der Waals surface area contributed by atoms with Crippen molar-refractivity contribution in [1.29, 1.82) is 0 Å². The largest absolute Gasteiger partial charge is 0.274 e. The molecule has 3 nitrogen and oxygen atoms in total. The average Bonchev–Trinajstić information content (AvgIpc) is 2.46. The lowest BCUT2D eigenvalue weighted by Crippen LogP contribution is -2.64. The summed E-state index contributed by atoms with van der Waals surface area (Å²) in [7, 11) is -1.76. The Hall–Kier alpha value is -1.42. The van der Waals surface area contributed by atoms with E-state index in [9.17, 15) is 9.59 Å². The van der Waals surface area contributed by atoms with E-state index in [1.54, 1.807) is 0 Å². The van der Waals surface area contributed by atoms with Crippen LogP contribution in [0.1, 0.15) is 32.6 Å². The molecule has 1 saturated carbocycles. The van der Waals surface area contributed by atoms with Crippen LogP contribution in [0.4, 0.5) is 5.69 Å². The molecule has 4 heteroatoms. The fourth-order valence-electron chi connectivity index (χ4n) is 4.34. The number of para-hydroxylation sites is 1.